The third kappa shape index (κ3) is 2.42. The van der Waals surface area contributed by atoms with Crippen LogP contribution in [0.4, 0.5) is 0 Å². The van der Waals surface area contributed by atoms with Crippen molar-refractivity contribution in [1.82, 2.24) is 4.98 Å². The van der Waals surface area contributed by atoms with Crippen LogP contribution in [0.2, 0.25) is 0 Å². The molecule has 1 aliphatic carbocycles. The summed E-state index contributed by atoms with van der Waals surface area (Å²) >= 11 is 0. The van der Waals surface area contributed by atoms with E-state index in [1.807, 2.05) is 0 Å². The van der Waals surface area contributed by atoms with Gasteiger partial charge >= 0.3 is 0 Å². The zero-order chi connectivity index (χ0) is 13.2. The maximum Gasteiger partial charge on any atom is 0.0708 e. The van der Waals surface area contributed by atoms with Gasteiger partial charge in [0.15, 0.2) is 0 Å². The summed E-state index contributed by atoms with van der Waals surface area (Å²) in [6.07, 6.45) is 6.20. The summed E-state index contributed by atoms with van der Waals surface area (Å²) in [6.45, 7) is 4.30. The highest BCUT2D eigenvalue weighted by Crippen LogP contribution is 2.32. The lowest BCUT2D eigenvalue weighted by atomic mass is 9.85. The summed E-state index contributed by atoms with van der Waals surface area (Å²) in [4.78, 5) is 4.73. The molecule has 0 saturated carbocycles. The summed E-state index contributed by atoms with van der Waals surface area (Å²) in [6, 6.07) is 11.1. The van der Waals surface area contributed by atoms with Gasteiger partial charge in [-0.15, -0.1) is 0 Å². The van der Waals surface area contributed by atoms with Crippen LogP contribution in [0.1, 0.15) is 42.1 Å². The van der Waals surface area contributed by atoms with Gasteiger partial charge < -0.3 is 0 Å². The molecule has 0 spiro atoms. The Labute approximate surface area is 115 Å². The molecule has 0 N–H and O–H groups in total. The van der Waals surface area contributed by atoms with Crippen LogP contribution < -0.4 is 0 Å². The summed E-state index contributed by atoms with van der Waals surface area (Å²) in [5.41, 5.74) is 8.17. The number of benzene rings is 1. The lowest BCUT2D eigenvalue weighted by Gasteiger charge is -2.21. The van der Waals surface area contributed by atoms with Crippen molar-refractivity contribution in [3.8, 4) is 11.3 Å². The first-order valence-electron chi connectivity index (χ1n) is 7.36. The largest absolute Gasteiger partial charge is 0.253 e. The fourth-order valence-corrected chi connectivity index (χ4v) is 3.06. The third-order valence-electron chi connectivity index (χ3n) is 4.10. The van der Waals surface area contributed by atoms with E-state index in [1.54, 1.807) is 11.1 Å². The molecule has 1 aromatic heterocycles. The highest BCUT2D eigenvalue weighted by atomic mass is 14.7. The first-order valence-corrected chi connectivity index (χ1v) is 7.36. The molecule has 98 valence electrons. The van der Waals surface area contributed by atoms with E-state index in [0.29, 0.717) is 0 Å². The Balaban J connectivity index is 2.18. The molecular weight excluding hydrogens is 230 g/mol. The number of hydrogen-bond acceptors (Lipinski definition) is 1. The molecule has 0 bridgehead atoms. The van der Waals surface area contributed by atoms with Gasteiger partial charge in [0, 0.05) is 11.3 Å². The molecule has 0 aliphatic heterocycles. The predicted octanol–water partition coefficient (Wildman–Crippen LogP) is 4.50. The molecule has 0 unspecified atom stereocenters. The molecular formula is C18H21N. The number of aryl methyl sites for hydroxylation is 3. The number of fused-ring (bicyclic) bond motifs is 1. The van der Waals surface area contributed by atoms with Crippen molar-refractivity contribution >= 4 is 0 Å². The standard InChI is InChI=1S/C18H21N/c1-3-14-11-15-8-4-5-9-16(15)17(12-14)18-10-6-7-13(2)19-18/h6-7,10-12H,3-5,8-9H2,1-2H3. The molecule has 1 heteroatoms. The normalized spacial score (nSPS) is 14.2. The van der Waals surface area contributed by atoms with Gasteiger partial charge in [0.05, 0.1) is 5.69 Å². The zero-order valence-electron chi connectivity index (χ0n) is 11.9. The Hall–Kier alpha value is -1.63. The minimum Gasteiger partial charge on any atom is -0.253 e. The molecule has 0 atom stereocenters. The van der Waals surface area contributed by atoms with Crippen LogP contribution in [0.25, 0.3) is 11.3 Å². The second-order valence-electron chi connectivity index (χ2n) is 5.51. The van der Waals surface area contributed by atoms with Gasteiger partial charge in [0.2, 0.25) is 0 Å². The van der Waals surface area contributed by atoms with Crippen molar-refractivity contribution < 1.29 is 0 Å². The Morgan fingerprint density at radius 2 is 1.95 bits per heavy atom. The summed E-state index contributed by atoms with van der Waals surface area (Å²) in [5, 5.41) is 0. The van der Waals surface area contributed by atoms with Crippen LogP contribution >= 0.6 is 0 Å². The predicted molar refractivity (Wildman–Crippen MR) is 80.4 cm³/mol. The molecule has 0 fully saturated rings. The van der Waals surface area contributed by atoms with Gasteiger partial charge in [-0.3, -0.25) is 4.98 Å². The molecule has 0 amide bonds. The average molecular weight is 251 g/mol. The van der Waals surface area contributed by atoms with E-state index in [1.165, 1.54) is 36.8 Å². The van der Waals surface area contributed by atoms with E-state index in [2.05, 4.69) is 44.2 Å². The third-order valence-corrected chi connectivity index (χ3v) is 4.10. The maximum absolute atomic E-state index is 4.73. The lowest BCUT2D eigenvalue weighted by molar-refractivity contribution is 0.685. The Morgan fingerprint density at radius 3 is 2.74 bits per heavy atom. The first kappa shape index (κ1) is 12.4. The highest BCUT2D eigenvalue weighted by Gasteiger charge is 2.16. The first-order chi connectivity index (χ1) is 9.28. The second kappa shape index (κ2) is 5.16. The molecule has 1 aromatic carbocycles. The van der Waals surface area contributed by atoms with E-state index >= 15 is 0 Å². The number of aromatic nitrogens is 1. The van der Waals surface area contributed by atoms with E-state index in [4.69, 9.17) is 4.98 Å². The monoisotopic (exact) mass is 251 g/mol. The van der Waals surface area contributed by atoms with Crippen LogP contribution in [0, 0.1) is 6.92 Å². The van der Waals surface area contributed by atoms with Crippen LogP contribution in [0.5, 0.6) is 0 Å². The molecule has 19 heavy (non-hydrogen) atoms. The maximum atomic E-state index is 4.73. The summed E-state index contributed by atoms with van der Waals surface area (Å²) in [5.74, 6) is 0. The molecule has 3 rings (SSSR count). The fourth-order valence-electron chi connectivity index (χ4n) is 3.06. The average Bonchev–Trinajstić information content (AvgIpc) is 2.46. The van der Waals surface area contributed by atoms with Gasteiger partial charge in [0.1, 0.15) is 0 Å². The number of rotatable bonds is 2. The smallest absolute Gasteiger partial charge is 0.0708 e. The Morgan fingerprint density at radius 1 is 1.11 bits per heavy atom. The van der Waals surface area contributed by atoms with Crippen molar-refractivity contribution in [2.24, 2.45) is 0 Å². The van der Waals surface area contributed by atoms with Crippen molar-refractivity contribution in [3.05, 3.63) is 52.7 Å². The summed E-state index contributed by atoms with van der Waals surface area (Å²) in [7, 11) is 0. The fraction of sp³-hybridized carbons (Fsp3) is 0.389. The molecule has 1 nitrogen and oxygen atoms in total. The zero-order valence-corrected chi connectivity index (χ0v) is 11.9. The number of pyridine rings is 1. The quantitative estimate of drug-likeness (QED) is 0.766. The van der Waals surface area contributed by atoms with Crippen LogP contribution in [-0.4, -0.2) is 4.98 Å². The minimum absolute atomic E-state index is 1.10. The van der Waals surface area contributed by atoms with Crippen molar-refractivity contribution in [3.63, 3.8) is 0 Å². The van der Waals surface area contributed by atoms with Gasteiger partial charge in [-0.2, -0.15) is 0 Å². The SMILES string of the molecule is CCc1cc2c(c(-c3cccc(C)n3)c1)CCCC2. The molecule has 0 radical (unpaired) electrons. The van der Waals surface area contributed by atoms with E-state index in [0.717, 1.165) is 17.8 Å². The molecule has 0 saturated heterocycles. The number of nitrogens with zero attached hydrogens (tertiary/aromatic N) is 1. The van der Waals surface area contributed by atoms with E-state index in [-0.39, 0.29) is 0 Å². The van der Waals surface area contributed by atoms with Crippen molar-refractivity contribution in [2.45, 2.75) is 46.0 Å². The molecule has 1 heterocycles. The van der Waals surface area contributed by atoms with Gasteiger partial charge in [-0.1, -0.05) is 19.1 Å². The minimum atomic E-state index is 1.10. The second-order valence-corrected chi connectivity index (χ2v) is 5.51. The highest BCUT2D eigenvalue weighted by molar-refractivity contribution is 5.67. The topological polar surface area (TPSA) is 12.9 Å². The Kier molecular flexibility index (Phi) is 3.37. The van der Waals surface area contributed by atoms with E-state index in [9.17, 15) is 0 Å². The number of hydrogen-bond donors (Lipinski definition) is 0. The van der Waals surface area contributed by atoms with E-state index < -0.39 is 0 Å². The molecule has 2 aromatic rings. The van der Waals surface area contributed by atoms with Crippen LogP contribution in [0.3, 0.4) is 0 Å². The summed E-state index contributed by atoms with van der Waals surface area (Å²) < 4.78 is 0. The van der Waals surface area contributed by atoms with Crippen LogP contribution in [-0.2, 0) is 19.3 Å². The van der Waals surface area contributed by atoms with Crippen molar-refractivity contribution in [1.29, 1.82) is 0 Å². The van der Waals surface area contributed by atoms with Crippen LogP contribution in [0.15, 0.2) is 30.3 Å². The van der Waals surface area contributed by atoms with Gasteiger partial charge in [0.25, 0.3) is 0 Å². The van der Waals surface area contributed by atoms with Crippen molar-refractivity contribution in [2.75, 3.05) is 0 Å². The Bertz CT molecular complexity index is 599. The lowest BCUT2D eigenvalue weighted by Crippen LogP contribution is -2.06. The van der Waals surface area contributed by atoms with Gasteiger partial charge in [-0.05, 0) is 73.9 Å². The van der Waals surface area contributed by atoms with Gasteiger partial charge in [-0.25, -0.2) is 0 Å². The molecule has 1 aliphatic rings.